The highest BCUT2D eigenvalue weighted by Gasteiger charge is 2.28. The number of Topliss-reactive ketones (excluding diaryl/α,β-unsaturated/α-hetero) is 1. The molecule has 1 aromatic rings. The lowest BCUT2D eigenvalue weighted by atomic mass is 10.1. The maximum atomic E-state index is 12.0. The van der Waals surface area contributed by atoms with Crippen LogP contribution in [0.4, 0.5) is 4.79 Å². The summed E-state index contributed by atoms with van der Waals surface area (Å²) in [6.07, 6.45) is 0.317. The summed E-state index contributed by atoms with van der Waals surface area (Å²) in [5.41, 5.74) is 1.51. The number of rotatable bonds is 3. The number of nitrogens with zero attached hydrogens (tertiary/aromatic N) is 1. The Hall–Kier alpha value is -1.62. The standard InChI is InChI=1S/C13H13NO3S/c1-9-3-2-4-10(7-9)11(15)8-14-12(16)5-6-18-13(14)17/h2-4,7H,5-6,8H2,1H3. The smallest absolute Gasteiger partial charge is 0.288 e. The first kappa shape index (κ1) is 12.8. The molecule has 1 heterocycles. The van der Waals surface area contributed by atoms with Crippen molar-refractivity contribution in [3.05, 3.63) is 35.4 Å². The topological polar surface area (TPSA) is 54.5 Å². The molecule has 2 rings (SSSR count). The summed E-state index contributed by atoms with van der Waals surface area (Å²) in [6.45, 7) is 1.73. The third kappa shape index (κ3) is 2.79. The van der Waals surface area contributed by atoms with Crippen molar-refractivity contribution in [1.29, 1.82) is 0 Å². The van der Waals surface area contributed by atoms with Crippen LogP contribution in [0.2, 0.25) is 0 Å². The van der Waals surface area contributed by atoms with Gasteiger partial charge in [-0.25, -0.2) is 0 Å². The van der Waals surface area contributed by atoms with Gasteiger partial charge in [0.2, 0.25) is 5.91 Å². The molecule has 4 nitrogen and oxygen atoms in total. The van der Waals surface area contributed by atoms with Gasteiger partial charge in [0.25, 0.3) is 5.24 Å². The minimum Gasteiger partial charge on any atom is -0.292 e. The number of carbonyl (C=O) groups excluding carboxylic acids is 3. The van der Waals surface area contributed by atoms with E-state index in [1.807, 2.05) is 13.0 Å². The monoisotopic (exact) mass is 263 g/mol. The van der Waals surface area contributed by atoms with Gasteiger partial charge in [0.05, 0.1) is 6.54 Å². The molecule has 1 fully saturated rings. The highest BCUT2D eigenvalue weighted by molar-refractivity contribution is 8.13. The summed E-state index contributed by atoms with van der Waals surface area (Å²) in [6, 6.07) is 7.14. The Morgan fingerprint density at radius 3 is 2.83 bits per heavy atom. The maximum absolute atomic E-state index is 12.0. The Bertz CT molecular complexity index is 497. The van der Waals surface area contributed by atoms with E-state index in [1.54, 1.807) is 18.2 Å². The number of carbonyl (C=O) groups is 3. The van der Waals surface area contributed by atoms with Crippen LogP contribution >= 0.6 is 11.8 Å². The van der Waals surface area contributed by atoms with Gasteiger partial charge in [0.15, 0.2) is 5.78 Å². The highest BCUT2D eigenvalue weighted by Crippen LogP contribution is 2.19. The SMILES string of the molecule is Cc1cccc(C(=O)CN2C(=O)CCSC2=O)c1. The predicted molar refractivity (Wildman–Crippen MR) is 69.7 cm³/mol. The fourth-order valence-electron chi connectivity index (χ4n) is 1.75. The van der Waals surface area contributed by atoms with Gasteiger partial charge in [-0.3, -0.25) is 19.3 Å². The zero-order valence-electron chi connectivity index (χ0n) is 10.0. The molecule has 0 bridgehead atoms. The first-order valence-electron chi connectivity index (χ1n) is 5.65. The molecule has 0 radical (unpaired) electrons. The van der Waals surface area contributed by atoms with Crippen LogP contribution in [0.15, 0.2) is 24.3 Å². The summed E-state index contributed by atoms with van der Waals surface area (Å²) >= 11 is 1.08. The molecule has 1 saturated heterocycles. The third-order valence-corrected chi connectivity index (χ3v) is 3.58. The summed E-state index contributed by atoms with van der Waals surface area (Å²) in [7, 11) is 0. The molecular weight excluding hydrogens is 250 g/mol. The third-order valence-electron chi connectivity index (χ3n) is 2.70. The van der Waals surface area contributed by atoms with Gasteiger partial charge in [-0.2, -0.15) is 0 Å². The lowest BCUT2D eigenvalue weighted by Crippen LogP contribution is -2.41. The van der Waals surface area contributed by atoms with Crippen LogP contribution in [0.1, 0.15) is 22.3 Å². The zero-order valence-corrected chi connectivity index (χ0v) is 10.8. The molecule has 1 aliphatic heterocycles. The summed E-state index contributed by atoms with van der Waals surface area (Å²) in [5.74, 6) is 0.0370. The molecule has 0 atom stereocenters. The van der Waals surface area contributed by atoms with Gasteiger partial charge in [0, 0.05) is 17.7 Å². The lowest BCUT2D eigenvalue weighted by Gasteiger charge is -2.23. The number of hydrogen-bond donors (Lipinski definition) is 0. The molecule has 0 aromatic heterocycles. The van der Waals surface area contributed by atoms with E-state index in [4.69, 9.17) is 0 Å². The first-order valence-corrected chi connectivity index (χ1v) is 6.63. The Labute approximate surface area is 109 Å². The van der Waals surface area contributed by atoms with Crippen LogP contribution in [0.3, 0.4) is 0 Å². The van der Waals surface area contributed by atoms with Crippen molar-refractivity contribution in [2.24, 2.45) is 0 Å². The minimum atomic E-state index is -0.327. The fraction of sp³-hybridized carbons (Fsp3) is 0.308. The number of hydrogen-bond acceptors (Lipinski definition) is 4. The van der Waals surface area contributed by atoms with Gasteiger partial charge in [0.1, 0.15) is 0 Å². The van der Waals surface area contributed by atoms with Crippen molar-refractivity contribution in [3.8, 4) is 0 Å². The van der Waals surface area contributed by atoms with Crippen molar-refractivity contribution in [3.63, 3.8) is 0 Å². The Morgan fingerprint density at radius 1 is 1.39 bits per heavy atom. The number of aryl methyl sites for hydroxylation is 1. The molecule has 0 spiro atoms. The lowest BCUT2D eigenvalue weighted by molar-refractivity contribution is -0.127. The molecule has 0 unspecified atom stereocenters. The maximum Gasteiger partial charge on any atom is 0.288 e. The van der Waals surface area contributed by atoms with Crippen LogP contribution in [0.5, 0.6) is 0 Å². The average Bonchev–Trinajstić information content (AvgIpc) is 2.34. The van der Waals surface area contributed by atoms with Crippen LogP contribution in [0, 0.1) is 6.92 Å². The highest BCUT2D eigenvalue weighted by atomic mass is 32.2. The van der Waals surface area contributed by atoms with Crippen molar-refractivity contribution < 1.29 is 14.4 Å². The molecule has 5 heteroatoms. The normalized spacial score (nSPS) is 15.9. The molecule has 94 valence electrons. The Morgan fingerprint density at radius 2 is 2.17 bits per heavy atom. The van der Waals surface area contributed by atoms with Crippen LogP contribution < -0.4 is 0 Å². The van der Waals surface area contributed by atoms with Crippen molar-refractivity contribution >= 4 is 28.7 Å². The molecule has 1 aromatic carbocycles. The summed E-state index contributed by atoms with van der Waals surface area (Å²) < 4.78 is 0. The zero-order chi connectivity index (χ0) is 13.1. The number of thioether (sulfide) groups is 1. The van der Waals surface area contributed by atoms with Gasteiger partial charge >= 0.3 is 0 Å². The van der Waals surface area contributed by atoms with E-state index in [0.29, 0.717) is 17.7 Å². The molecule has 2 amide bonds. The van der Waals surface area contributed by atoms with Crippen LogP contribution in [-0.2, 0) is 4.79 Å². The van der Waals surface area contributed by atoms with E-state index in [0.717, 1.165) is 22.2 Å². The predicted octanol–water partition coefficient (Wildman–Crippen LogP) is 2.26. The second-order valence-electron chi connectivity index (χ2n) is 4.14. The fourth-order valence-corrected chi connectivity index (χ4v) is 2.52. The molecular formula is C13H13NO3S. The van der Waals surface area contributed by atoms with Gasteiger partial charge in [-0.1, -0.05) is 35.5 Å². The van der Waals surface area contributed by atoms with E-state index < -0.39 is 0 Å². The van der Waals surface area contributed by atoms with Gasteiger partial charge < -0.3 is 0 Å². The number of imide groups is 1. The summed E-state index contributed by atoms with van der Waals surface area (Å²) in [4.78, 5) is 36.2. The Kier molecular flexibility index (Phi) is 3.81. The number of amides is 2. The second kappa shape index (κ2) is 5.35. The van der Waals surface area contributed by atoms with Gasteiger partial charge in [-0.15, -0.1) is 0 Å². The van der Waals surface area contributed by atoms with E-state index in [9.17, 15) is 14.4 Å². The largest absolute Gasteiger partial charge is 0.292 e. The average molecular weight is 263 g/mol. The van der Waals surface area contributed by atoms with E-state index in [-0.39, 0.29) is 23.5 Å². The van der Waals surface area contributed by atoms with Crippen molar-refractivity contribution in [1.82, 2.24) is 4.90 Å². The minimum absolute atomic E-state index is 0.159. The molecule has 0 aliphatic carbocycles. The van der Waals surface area contributed by atoms with Gasteiger partial charge in [-0.05, 0) is 13.0 Å². The Balaban J connectivity index is 2.11. The van der Waals surface area contributed by atoms with E-state index >= 15 is 0 Å². The number of benzene rings is 1. The molecule has 1 aliphatic rings. The van der Waals surface area contributed by atoms with Crippen molar-refractivity contribution in [2.45, 2.75) is 13.3 Å². The second-order valence-corrected chi connectivity index (χ2v) is 5.18. The van der Waals surface area contributed by atoms with Crippen molar-refractivity contribution in [2.75, 3.05) is 12.3 Å². The quantitative estimate of drug-likeness (QED) is 0.785. The van der Waals surface area contributed by atoms with E-state index in [1.165, 1.54) is 0 Å². The summed E-state index contributed by atoms with van der Waals surface area (Å²) in [5, 5.41) is -0.327. The molecule has 0 saturated carbocycles. The van der Waals surface area contributed by atoms with Crippen LogP contribution in [-0.4, -0.2) is 34.1 Å². The van der Waals surface area contributed by atoms with Crippen LogP contribution in [0.25, 0.3) is 0 Å². The molecule has 0 N–H and O–H groups in total. The number of ketones is 1. The first-order chi connectivity index (χ1) is 8.58. The molecule has 18 heavy (non-hydrogen) atoms. The van der Waals surface area contributed by atoms with E-state index in [2.05, 4.69) is 0 Å².